The lowest BCUT2D eigenvalue weighted by Gasteiger charge is -2.32. The van der Waals surface area contributed by atoms with Crippen LogP contribution in [0.4, 0.5) is 5.69 Å². The number of hydrogen-bond donors (Lipinski definition) is 2. The minimum Gasteiger partial charge on any atom is -0.474 e. The first kappa shape index (κ1) is 12.2. The van der Waals surface area contributed by atoms with E-state index in [-0.39, 0.29) is 29.3 Å². The van der Waals surface area contributed by atoms with Crippen LogP contribution in [-0.4, -0.2) is 28.0 Å². The van der Waals surface area contributed by atoms with E-state index in [4.69, 9.17) is 16.2 Å². The van der Waals surface area contributed by atoms with Gasteiger partial charge < -0.3 is 16.2 Å². The van der Waals surface area contributed by atoms with Gasteiger partial charge >= 0.3 is 0 Å². The maximum atomic E-state index is 11.2. The summed E-state index contributed by atoms with van der Waals surface area (Å²) in [6.45, 7) is 0. The second-order valence-electron chi connectivity index (χ2n) is 4.14. The summed E-state index contributed by atoms with van der Waals surface area (Å²) in [5.41, 5.74) is 10.3. The van der Waals surface area contributed by atoms with Crippen molar-refractivity contribution in [3.8, 4) is 5.88 Å². The van der Waals surface area contributed by atoms with Crippen molar-refractivity contribution in [1.29, 1.82) is 0 Å². The molecule has 4 N–H and O–H groups in total. The predicted octanol–water partition coefficient (Wildman–Crippen LogP) is -0.0428. The molecule has 0 atom stereocenters. The highest BCUT2D eigenvalue weighted by Gasteiger charge is 2.29. The Balaban J connectivity index is 2.23. The molecule has 8 heteroatoms. The molecule has 2 rings (SSSR count). The standard InChI is InChI=1S/C10H12N4O4/c11-5-1-7(2-5)18-10-8(9(12)15)3-6(4-13-10)14(16)17/h3-5,7H,1-2,11H2,(H2,12,15). The zero-order valence-electron chi connectivity index (χ0n) is 9.41. The van der Waals surface area contributed by atoms with Gasteiger partial charge in [-0.3, -0.25) is 14.9 Å². The summed E-state index contributed by atoms with van der Waals surface area (Å²) >= 11 is 0. The van der Waals surface area contributed by atoms with Crippen LogP contribution in [0, 0.1) is 10.1 Å². The maximum Gasteiger partial charge on any atom is 0.288 e. The van der Waals surface area contributed by atoms with E-state index in [1.807, 2.05) is 0 Å². The fourth-order valence-electron chi connectivity index (χ4n) is 1.67. The van der Waals surface area contributed by atoms with Crippen LogP contribution in [0.5, 0.6) is 5.88 Å². The summed E-state index contributed by atoms with van der Waals surface area (Å²) in [5, 5.41) is 10.6. The first-order chi connectivity index (χ1) is 8.47. The molecule has 1 fully saturated rings. The van der Waals surface area contributed by atoms with Gasteiger partial charge in [0.25, 0.3) is 11.6 Å². The molecular formula is C10H12N4O4. The topological polar surface area (TPSA) is 134 Å². The molecule has 0 radical (unpaired) electrons. The number of aromatic nitrogens is 1. The molecule has 1 saturated carbocycles. The van der Waals surface area contributed by atoms with Crippen LogP contribution >= 0.6 is 0 Å². The van der Waals surface area contributed by atoms with Gasteiger partial charge in [0.1, 0.15) is 17.9 Å². The van der Waals surface area contributed by atoms with E-state index >= 15 is 0 Å². The minimum atomic E-state index is -0.815. The van der Waals surface area contributed by atoms with Crippen LogP contribution in [0.2, 0.25) is 0 Å². The number of amides is 1. The van der Waals surface area contributed by atoms with Gasteiger partial charge in [-0.2, -0.15) is 0 Å². The quantitative estimate of drug-likeness (QED) is 0.570. The van der Waals surface area contributed by atoms with Crippen molar-refractivity contribution in [3.05, 3.63) is 27.9 Å². The minimum absolute atomic E-state index is 0.0185. The zero-order valence-corrected chi connectivity index (χ0v) is 9.41. The lowest BCUT2D eigenvalue weighted by molar-refractivity contribution is -0.385. The van der Waals surface area contributed by atoms with Gasteiger partial charge in [0.15, 0.2) is 0 Å². The summed E-state index contributed by atoms with van der Waals surface area (Å²) < 4.78 is 5.43. The molecule has 1 aliphatic rings. The Morgan fingerprint density at radius 2 is 2.22 bits per heavy atom. The smallest absolute Gasteiger partial charge is 0.288 e. The number of nitrogens with two attached hydrogens (primary N) is 2. The number of pyridine rings is 1. The normalized spacial score (nSPS) is 22.1. The average molecular weight is 252 g/mol. The van der Waals surface area contributed by atoms with E-state index < -0.39 is 10.8 Å². The lowest BCUT2D eigenvalue weighted by atomic mass is 9.90. The van der Waals surface area contributed by atoms with Gasteiger partial charge in [-0.05, 0) is 12.8 Å². The van der Waals surface area contributed by atoms with Crippen molar-refractivity contribution in [3.63, 3.8) is 0 Å². The van der Waals surface area contributed by atoms with Crippen LogP contribution in [0.1, 0.15) is 23.2 Å². The highest BCUT2D eigenvalue weighted by molar-refractivity contribution is 5.95. The Hall–Kier alpha value is -2.22. The molecule has 18 heavy (non-hydrogen) atoms. The lowest BCUT2D eigenvalue weighted by Crippen LogP contribution is -2.43. The van der Waals surface area contributed by atoms with Gasteiger partial charge in [0.2, 0.25) is 5.88 Å². The third-order valence-corrected chi connectivity index (χ3v) is 2.72. The summed E-state index contributed by atoms with van der Waals surface area (Å²) in [5.74, 6) is -0.796. The van der Waals surface area contributed by atoms with Crippen molar-refractivity contribution in [2.75, 3.05) is 0 Å². The molecular weight excluding hydrogens is 240 g/mol. The molecule has 1 aromatic rings. The number of nitro groups is 1. The fourth-order valence-corrected chi connectivity index (χ4v) is 1.67. The molecule has 1 heterocycles. The van der Waals surface area contributed by atoms with Crippen molar-refractivity contribution < 1.29 is 14.5 Å². The van der Waals surface area contributed by atoms with E-state index in [0.717, 1.165) is 12.3 Å². The highest BCUT2D eigenvalue weighted by atomic mass is 16.6. The Kier molecular flexibility index (Phi) is 3.11. The highest BCUT2D eigenvalue weighted by Crippen LogP contribution is 2.27. The maximum absolute atomic E-state index is 11.2. The van der Waals surface area contributed by atoms with Gasteiger partial charge in [0, 0.05) is 12.1 Å². The van der Waals surface area contributed by atoms with Crippen molar-refractivity contribution in [2.45, 2.75) is 25.0 Å². The molecule has 0 aromatic carbocycles. The zero-order chi connectivity index (χ0) is 13.3. The molecule has 0 unspecified atom stereocenters. The van der Waals surface area contributed by atoms with Gasteiger partial charge in [-0.1, -0.05) is 0 Å². The van der Waals surface area contributed by atoms with Gasteiger partial charge in [-0.25, -0.2) is 4.98 Å². The third-order valence-electron chi connectivity index (χ3n) is 2.72. The Morgan fingerprint density at radius 3 is 2.72 bits per heavy atom. The number of ether oxygens (including phenoxy) is 1. The fraction of sp³-hybridized carbons (Fsp3) is 0.400. The van der Waals surface area contributed by atoms with Crippen LogP contribution in [0.15, 0.2) is 12.3 Å². The molecule has 0 bridgehead atoms. The van der Waals surface area contributed by atoms with Crippen LogP contribution in [0.25, 0.3) is 0 Å². The molecule has 0 saturated heterocycles. The largest absolute Gasteiger partial charge is 0.474 e. The average Bonchev–Trinajstić information content (AvgIpc) is 2.26. The summed E-state index contributed by atoms with van der Waals surface area (Å²) in [6, 6.07) is 1.15. The number of carbonyl (C=O) groups is 1. The second kappa shape index (κ2) is 4.57. The molecule has 96 valence electrons. The van der Waals surface area contributed by atoms with Crippen LogP contribution in [-0.2, 0) is 0 Å². The number of hydrogen-bond acceptors (Lipinski definition) is 6. The van der Waals surface area contributed by atoms with Crippen molar-refractivity contribution >= 4 is 11.6 Å². The Bertz CT molecular complexity index is 499. The number of rotatable bonds is 4. The Labute approximate surface area is 102 Å². The van der Waals surface area contributed by atoms with E-state index in [1.54, 1.807) is 0 Å². The van der Waals surface area contributed by atoms with Gasteiger partial charge in [0.05, 0.1) is 4.92 Å². The first-order valence-electron chi connectivity index (χ1n) is 5.34. The summed E-state index contributed by atoms with van der Waals surface area (Å²) in [6.07, 6.45) is 2.24. The van der Waals surface area contributed by atoms with E-state index in [2.05, 4.69) is 4.98 Å². The summed E-state index contributed by atoms with van der Waals surface area (Å²) in [7, 11) is 0. The monoisotopic (exact) mass is 252 g/mol. The molecule has 1 amide bonds. The van der Waals surface area contributed by atoms with E-state index in [0.29, 0.717) is 12.8 Å². The molecule has 1 aliphatic carbocycles. The van der Waals surface area contributed by atoms with E-state index in [9.17, 15) is 14.9 Å². The van der Waals surface area contributed by atoms with Crippen molar-refractivity contribution in [2.24, 2.45) is 11.5 Å². The predicted molar refractivity (Wildman–Crippen MR) is 61.0 cm³/mol. The summed E-state index contributed by atoms with van der Waals surface area (Å²) in [4.78, 5) is 24.9. The Morgan fingerprint density at radius 1 is 1.56 bits per heavy atom. The molecule has 0 aliphatic heterocycles. The number of primary amides is 1. The third kappa shape index (κ3) is 2.38. The number of carbonyl (C=O) groups excluding carboxylic acids is 1. The molecule has 8 nitrogen and oxygen atoms in total. The van der Waals surface area contributed by atoms with Crippen LogP contribution in [0.3, 0.4) is 0 Å². The first-order valence-corrected chi connectivity index (χ1v) is 5.34. The van der Waals surface area contributed by atoms with Crippen molar-refractivity contribution in [1.82, 2.24) is 4.98 Å². The van der Waals surface area contributed by atoms with E-state index in [1.165, 1.54) is 0 Å². The van der Waals surface area contributed by atoms with Crippen LogP contribution < -0.4 is 16.2 Å². The SMILES string of the molecule is NC(=O)c1cc([N+](=O)[O-])cnc1OC1CC(N)C1. The molecule has 1 aromatic heterocycles. The van der Waals surface area contributed by atoms with Gasteiger partial charge in [-0.15, -0.1) is 0 Å². The number of nitrogens with zero attached hydrogens (tertiary/aromatic N) is 2. The molecule has 0 spiro atoms. The second-order valence-corrected chi connectivity index (χ2v) is 4.14.